The molecule has 0 radical (unpaired) electrons. The average molecular weight is 377 g/mol. The first-order valence-corrected chi connectivity index (χ1v) is 8.91. The van der Waals surface area contributed by atoms with E-state index in [1.54, 1.807) is 12.1 Å². The molecule has 1 saturated heterocycles. The fourth-order valence-corrected chi connectivity index (χ4v) is 4.98. The van der Waals surface area contributed by atoms with Gasteiger partial charge in [-0.3, -0.25) is 0 Å². The van der Waals surface area contributed by atoms with Crippen molar-refractivity contribution in [3.05, 3.63) is 60.4 Å². The predicted octanol–water partition coefficient (Wildman–Crippen LogP) is 1.47. The topological polar surface area (TPSA) is 58.2 Å². The van der Waals surface area contributed by atoms with E-state index in [9.17, 15) is 14.0 Å². The van der Waals surface area contributed by atoms with Crippen LogP contribution in [0.1, 0.15) is 6.42 Å². The van der Waals surface area contributed by atoms with E-state index >= 15 is 0 Å². The summed E-state index contributed by atoms with van der Waals surface area (Å²) in [6, 6.07) is 15.4. The number of hydrogen-bond acceptors (Lipinski definition) is 2. The minimum absolute atomic E-state index is 0.0976. The van der Waals surface area contributed by atoms with Crippen molar-refractivity contribution in [1.82, 2.24) is 5.32 Å². The number of halogens is 1. The van der Waals surface area contributed by atoms with Crippen LogP contribution in [0.25, 0.3) is 0 Å². The fourth-order valence-electron chi connectivity index (χ4n) is 2.44. The van der Waals surface area contributed by atoms with E-state index in [0.29, 0.717) is 13.0 Å². The number of carbonyl (C=O) groups is 2. The molecule has 1 atom stereocenters. The van der Waals surface area contributed by atoms with Crippen LogP contribution in [0.4, 0.5) is 10.1 Å². The monoisotopic (exact) mass is 378 g/mol. The van der Waals surface area contributed by atoms with Gasteiger partial charge in [-0.15, -0.1) is 0 Å². The number of rotatable bonds is 4. The first-order valence-electron chi connectivity index (χ1n) is 7.20. The molecule has 1 aliphatic heterocycles. The Bertz CT molecular complexity index is 738. The van der Waals surface area contributed by atoms with Gasteiger partial charge in [0.2, 0.25) is 0 Å². The van der Waals surface area contributed by atoms with Gasteiger partial charge in [-0.2, -0.15) is 0 Å². The van der Waals surface area contributed by atoms with Gasteiger partial charge in [0.25, 0.3) is 0 Å². The van der Waals surface area contributed by atoms with Crippen LogP contribution in [0.5, 0.6) is 0 Å². The molecule has 1 unspecified atom stereocenters. The quantitative estimate of drug-likeness (QED) is 0.627. The summed E-state index contributed by atoms with van der Waals surface area (Å²) in [7, 11) is 0. The van der Waals surface area contributed by atoms with E-state index in [1.165, 1.54) is 12.1 Å². The molecule has 118 valence electrons. The van der Waals surface area contributed by atoms with Crippen molar-refractivity contribution in [2.24, 2.45) is 0 Å². The van der Waals surface area contributed by atoms with Gasteiger partial charge in [-0.25, -0.2) is 0 Å². The van der Waals surface area contributed by atoms with Crippen LogP contribution in [-0.4, -0.2) is 33.3 Å². The number of carbonyl (C=O) groups excluding carboxylic acids is 2. The van der Waals surface area contributed by atoms with Crippen molar-refractivity contribution in [3.63, 3.8) is 0 Å². The number of anilines is 1. The molecule has 2 aromatic rings. The van der Waals surface area contributed by atoms with Gasteiger partial charge >= 0.3 is 139 Å². The van der Waals surface area contributed by atoms with E-state index in [0.717, 1.165) is 4.46 Å². The Balaban J connectivity index is 1.89. The third kappa shape index (κ3) is 3.14. The number of nitrogens with one attached hydrogen (secondary N) is 2. The van der Waals surface area contributed by atoms with Crippen molar-refractivity contribution < 1.29 is 14.0 Å². The number of benzene rings is 2. The van der Waals surface area contributed by atoms with Gasteiger partial charge < -0.3 is 0 Å². The molecule has 2 amide bonds. The average Bonchev–Trinajstić information content (AvgIpc) is 2.92. The molecular formula is C17H15FN2O2Se. The molecule has 0 aromatic heterocycles. The second-order valence-corrected chi connectivity index (χ2v) is 8.06. The molecule has 6 heteroatoms. The summed E-state index contributed by atoms with van der Waals surface area (Å²) >= 11 is -0.385. The Morgan fingerprint density at radius 2 is 1.83 bits per heavy atom. The Morgan fingerprint density at radius 1 is 1.13 bits per heavy atom. The van der Waals surface area contributed by atoms with Crippen LogP contribution in [-0.2, 0) is 9.59 Å². The number of amides is 2. The summed E-state index contributed by atoms with van der Waals surface area (Å²) in [6.07, 6.45) is 0.418. The zero-order valence-corrected chi connectivity index (χ0v) is 13.9. The van der Waals surface area contributed by atoms with E-state index in [2.05, 4.69) is 10.6 Å². The van der Waals surface area contributed by atoms with Crippen LogP contribution in [0, 0.1) is 5.82 Å². The van der Waals surface area contributed by atoms with Crippen LogP contribution >= 0.6 is 0 Å². The van der Waals surface area contributed by atoms with Gasteiger partial charge in [0.05, 0.1) is 0 Å². The number of hydrogen-bond donors (Lipinski definition) is 2. The molecule has 0 bridgehead atoms. The molecular weight excluding hydrogens is 362 g/mol. The van der Waals surface area contributed by atoms with E-state index in [-0.39, 0.29) is 26.6 Å². The first kappa shape index (κ1) is 15.7. The van der Waals surface area contributed by atoms with E-state index < -0.39 is 16.0 Å². The molecule has 1 aliphatic rings. The van der Waals surface area contributed by atoms with Gasteiger partial charge in [-0.05, 0) is 0 Å². The van der Waals surface area contributed by atoms with Crippen LogP contribution < -0.4 is 15.1 Å². The molecule has 3 rings (SSSR count). The fraction of sp³-hybridized carbons (Fsp3) is 0.176. The molecule has 4 nitrogen and oxygen atoms in total. The maximum absolute atomic E-state index is 13.8. The second kappa shape index (κ2) is 6.52. The third-order valence-electron chi connectivity index (χ3n) is 3.65. The Labute approximate surface area is 139 Å². The van der Waals surface area contributed by atoms with Gasteiger partial charge in [0.15, 0.2) is 0 Å². The summed E-state index contributed by atoms with van der Waals surface area (Å²) in [4.78, 5) is 25.1. The van der Waals surface area contributed by atoms with Crippen molar-refractivity contribution in [2.45, 2.75) is 10.7 Å². The van der Waals surface area contributed by atoms with Gasteiger partial charge in [0, 0.05) is 0 Å². The molecule has 0 saturated carbocycles. The minimum atomic E-state index is -1.14. The maximum atomic E-state index is 13.8. The van der Waals surface area contributed by atoms with Crippen molar-refractivity contribution in [1.29, 1.82) is 0 Å². The standard InChI is InChI=1S/C17H15FN2O2Se/c18-13-8-4-5-9-14(13)20-16(22)17(10-11-19-15(17)21)23-12-6-2-1-3-7-12/h1-9H,10-11H2,(H,19,21)(H,20,22). The first-order chi connectivity index (χ1) is 11.1. The third-order valence-corrected chi connectivity index (χ3v) is 6.66. The van der Waals surface area contributed by atoms with Crippen molar-refractivity contribution >= 4 is 36.9 Å². The molecule has 2 aromatic carbocycles. The van der Waals surface area contributed by atoms with Crippen LogP contribution in [0.2, 0.25) is 4.31 Å². The Morgan fingerprint density at radius 3 is 2.48 bits per heavy atom. The zero-order valence-electron chi connectivity index (χ0n) is 12.2. The summed E-state index contributed by atoms with van der Waals surface area (Å²) in [5.41, 5.74) is 0.0976. The molecule has 1 fully saturated rings. The zero-order chi connectivity index (χ0) is 16.3. The molecule has 0 aliphatic carbocycles. The van der Waals surface area contributed by atoms with Crippen LogP contribution in [0.15, 0.2) is 54.6 Å². The molecule has 23 heavy (non-hydrogen) atoms. The van der Waals surface area contributed by atoms with Crippen molar-refractivity contribution in [2.75, 3.05) is 11.9 Å². The van der Waals surface area contributed by atoms with Gasteiger partial charge in [0.1, 0.15) is 0 Å². The van der Waals surface area contributed by atoms with Crippen LogP contribution in [0.3, 0.4) is 0 Å². The van der Waals surface area contributed by atoms with E-state index in [1.807, 2.05) is 30.3 Å². The molecule has 0 spiro atoms. The summed E-state index contributed by atoms with van der Waals surface area (Å²) < 4.78 is 13.6. The van der Waals surface area contributed by atoms with Gasteiger partial charge in [-0.1, -0.05) is 0 Å². The molecule has 2 N–H and O–H groups in total. The predicted molar refractivity (Wildman–Crippen MR) is 87.2 cm³/mol. The summed E-state index contributed by atoms with van der Waals surface area (Å²) in [5.74, 6) is -1.24. The van der Waals surface area contributed by atoms with Crippen molar-refractivity contribution in [3.8, 4) is 0 Å². The van der Waals surface area contributed by atoms with E-state index in [4.69, 9.17) is 0 Å². The SMILES string of the molecule is O=C1NCCC1([Se]c1ccccc1)C(=O)Nc1ccccc1F. The number of para-hydroxylation sites is 1. The second-order valence-electron chi connectivity index (χ2n) is 5.18. The normalized spacial score (nSPS) is 20.1. The Kier molecular flexibility index (Phi) is 4.46. The summed E-state index contributed by atoms with van der Waals surface area (Å²) in [6.45, 7) is 0.456. The Hall–Kier alpha value is -2.17. The molecule has 1 heterocycles. The summed E-state index contributed by atoms with van der Waals surface area (Å²) in [5, 5.41) is 5.32.